The maximum absolute atomic E-state index is 12.9. The summed E-state index contributed by atoms with van der Waals surface area (Å²) in [7, 11) is 0. The number of alkyl halides is 3. The molecular weight excluding hydrogens is 279 g/mol. The molecule has 0 saturated heterocycles. The van der Waals surface area contributed by atoms with Gasteiger partial charge in [-0.1, -0.05) is 25.3 Å². The van der Waals surface area contributed by atoms with E-state index in [1.807, 2.05) is 11.8 Å². The first-order valence-electron chi connectivity index (χ1n) is 7.51. The second-order valence-corrected chi connectivity index (χ2v) is 5.46. The van der Waals surface area contributed by atoms with E-state index in [0.717, 1.165) is 31.7 Å². The zero-order valence-electron chi connectivity index (χ0n) is 12.3. The Balaban J connectivity index is 2.37. The number of nitrogens with two attached hydrogens (primary N) is 1. The molecule has 0 spiro atoms. The van der Waals surface area contributed by atoms with Crippen molar-refractivity contribution >= 4 is 5.82 Å². The van der Waals surface area contributed by atoms with Gasteiger partial charge in [-0.25, -0.2) is 4.98 Å². The van der Waals surface area contributed by atoms with Crippen LogP contribution in [0.25, 0.3) is 0 Å². The van der Waals surface area contributed by atoms with Crippen molar-refractivity contribution in [3.63, 3.8) is 0 Å². The summed E-state index contributed by atoms with van der Waals surface area (Å²) in [4.78, 5) is 5.88. The lowest BCUT2D eigenvalue weighted by atomic mass is 9.94. The highest BCUT2D eigenvalue weighted by Gasteiger charge is 2.34. The predicted molar refractivity (Wildman–Crippen MR) is 77.0 cm³/mol. The molecule has 0 atom stereocenters. The Bertz CT molecular complexity index is 468. The van der Waals surface area contributed by atoms with Crippen LogP contribution in [0.1, 0.15) is 50.3 Å². The zero-order valence-corrected chi connectivity index (χ0v) is 12.3. The Kier molecular flexibility index (Phi) is 5.08. The van der Waals surface area contributed by atoms with Crippen molar-refractivity contribution in [2.24, 2.45) is 5.73 Å². The number of hydrogen-bond donors (Lipinski definition) is 1. The number of aromatic nitrogens is 1. The third-order valence-corrected chi connectivity index (χ3v) is 4.09. The van der Waals surface area contributed by atoms with Gasteiger partial charge in [0.2, 0.25) is 0 Å². The predicted octanol–water partition coefficient (Wildman–Crippen LogP) is 3.72. The molecule has 2 rings (SSSR count). The van der Waals surface area contributed by atoms with E-state index in [1.165, 1.54) is 12.5 Å². The van der Waals surface area contributed by atoms with Gasteiger partial charge in [-0.05, 0) is 25.8 Å². The average Bonchev–Trinajstić information content (AvgIpc) is 2.48. The van der Waals surface area contributed by atoms with Crippen LogP contribution in [0.5, 0.6) is 0 Å². The van der Waals surface area contributed by atoms with Gasteiger partial charge in [0, 0.05) is 24.7 Å². The van der Waals surface area contributed by atoms with Crippen molar-refractivity contribution in [2.75, 3.05) is 11.4 Å². The monoisotopic (exact) mass is 301 g/mol. The first kappa shape index (κ1) is 16.1. The van der Waals surface area contributed by atoms with Crippen molar-refractivity contribution in [3.05, 3.63) is 23.4 Å². The maximum atomic E-state index is 12.9. The molecular formula is C15H22F3N3. The van der Waals surface area contributed by atoms with E-state index in [0.29, 0.717) is 17.9 Å². The lowest BCUT2D eigenvalue weighted by Crippen LogP contribution is -2.38. The topological polar surface area (TPSA) is 42.2 Å². The molecule has 0 aromatic carbocycles. The molecule has 1 fully saturated rings. The molecule has 1 aliphatic rings. The van der Waals surface area contributed by atoms with Gasteiger partial charge in [-0.3, -0.25) is 0 Å². The number of anilines is 1. The molecule has 6 heteroatoms. The molecule has 1 heterocycles. The van der Waals surface area contributed by atoms with Crippen molar-refractivity contribution < 1.29 is 13.2 Å². The fourth-order valence-corrected chi connectivity index (χ4v) is 3.02. The molecule has 1 aromatic heterocycles. The Morgan fingerprint density at radius 3 is 2.43 bits per heavy atom. The standard InChI is InChI=1S/C15H22F3N3/c1-2-21(12-6-4-3-5-7-12)14-11(10-19)8-9-13(20-14)15(16,17)18/h8-9,12H,2-7,10,19H2,1H3. The molecule has 0 amide bonds. The van der Waals surface area contributed by atoms with Gasteiger partial charge in [0.25, 0.3) is 0 Å². The number of hydrogen-bond acceptors (Lipinski definition) is 3. The van der Waals surface area contributed by atoms with E-state index < -0.39 is 11.9 Å². The molecule has 21 heavy (non-hydrogen) atoms. The molecule has 0 unspecified atom stereocenters. The summed E-state index contributed by atoms with van der Waals surface area (Å²) in [6.07, 6.45) is 1.05. The van der Waals surface area contributed by atoms with Crippen molar-refractivity contribution in [1.29, 1.82) is 0 Å². The number of nitrogens with zero attached hydrogens (tertiary/aromatic N) is 2. The first-order chi connectivity index (χ1) is 9.97. The largest absolute Gasteiger partial charge is 0.433 e. The summed E-state index contributed by atoms with van der Waals surface area (Å²) in [6.45, 7) is 2.80. The van der Waals surface area contributed by atoms with Crippen molar-refractivity contribution in [1.82, 2.24) is 4.98 Å². The maximum Gasteiger partial charge on any atom is 0.433 e. The lowest BCUT2D eigenvalue weighted by Gasteiger charge is -2.35. The highest BCUT2D eigenvalue weighted by atomic mass is 19.4. The number of pyridine rings is 1. The number of rotatable bonds is 4. The van der Waals surface area contributed by atoms with Gasteiger partial charge in [0.1, 0.15) is 11.5 Å². The van der Waals surface area contributed by atoms with E-state index in [1.54, 1.807) is 0 Å². The Hall–Kier alpha value is -1.30. The first-order valence-corrected chi connectivity index (χ1v) is 7.51. The third kappa shape index (κ3) is 3.67. The van der Waals surface area contributed by atoms with Crippen LogP contribution < -0.4 is 10.6 Å². The van der Waals surface area contributed by atoms with E-state index in [2.05, 4.69) is 4.98 Å². The summed E-state index contributed by atoms with van der Waals surface area (Å²) >= 11 is 0. The fraction of sp³-hybridized carbons (Fsp3) is 0.667. The summed E-state index contributed by atoms with van der Waals surface area (Å²) < 4.78 is 38.7. The molecule has 118 valence electrons. The van der Waals surface area contributed by atoms with Crippen molar-refractivity contribution in [3.8, 4) is 0 Å². The molecule has 0 aliphatic heterocycles. The van der Waals surface area contributed by atoms with E-state index in [-0.39, 0.29) is 12.6 Å². The van der Waals surface area contributed by atoms with Crippen LogP contribution in [-0.2, 0) is 12.7 Å². The van der Waals surface area contributed by atoms with Crippen LogP contribution in [0.15, 0.2) is 12.1 Å². The van der Waals surface area contributed by atoms with E-state index in [9.17, 15) is 13.2 Å². The highest BCUT2D eigenvalue weighted by Crippen LogP contribution is 2.33. The Labute approximate surface area is 123 Å². The second kappa shape index (κ2) is 6.64. The Morgan fingerprint density at radius 2 is 1.90 bits per heavy atom. The van der Waals surface area contributed by atoms with Crippen LogP contribution in [0.2, 0.25) is 0 Å². The molecule has 0 radical (unpaired) electrons. The minimum absolute atomic E-state index is 0.198. The zero-order chi connectivity index (χ0) is 15.5. The molecule has 1 saturated carbocycles. The van der Waals surface area contributed by atoms with Crippen LogP contribution in [0, 0.1) is 0 Å². The van der Waals surface area contributed by atoms with Gasteiger partial charge in [-0.15, -0.1) is 0 Å². The quantitative estimate of drug-likeness (QED) is 0.921. The fourth-order valence-electron chi connectivity index (χ4n) is 3.02. The van der Waals surface area contributed by atoms with Gasteiger partial charge in [0.05, 0.1) is 0 Å². The van der Waals surface area contributed by atoms with Gasteiger partial charge >= 0.3 is 6.18 Å². The van der Waals surface area contributed by atoms with Crippen LogP contribution >= 0.6 is 0 Å². The average molecular weight is 301 g/mol. The summed E-state index contributed by atoms with van der Waals surface area (Å²) in [5.74, 6) is 0.404. The number of halogens is 3. The molecule has 1 aromatic rings. The van der Waals surface area contributed by atoms with Crippen LogP contribution in [0.4, 0.5) is 19.0 Å². The SMILES string of the molecule is CCN(c1nc(C(F)(F)F)ccc1CN)C1CCCCC1. The smallest absolute Gasteiger partial charge is 0.354 e. The van der Waals surface area contributed by atoms with E-state index in [4.69, 9.17) is 5.73 Å². The van der Waals surface area contributed by atoms with Crippen molar-refractivity contribution in [2.45, 2.75) is 57.8 Å². The lowest BCUT2D eigenvalue weighted by molar-refractivity contribution is -0.141. The Morgan fingerprint density at radius 1 is 1.24 bits per heavy atom. The minimum Gasteiger partial charge on any atom is -0.354 e. The van der Waals surface area contributed by atoms with Gasteiger partial charge in [-0.2, -0.15) is 13.2 Å². The normalized spacial score (nSPS) is 17.0. The third-order valence-electron chi connectivity index (χ3n) is 4.09. The second-order valence-electron chi connectivity index (χ2n) is 5.46. The van der Waals surface area contributed by atoms with E-state index >= 15 is 0 Å². The molecule has 2 N–H and O–H groups in total. The van der Waals surface area contributed by atoms with Gasteiger partial charge in [0.15, 0.2) is 0 Å². The van der Waals surface area contributed by atoms with Crippen LogP contribution in [-0.4, -0.2) is 17.6 Å². The minimum atomic E-state index is -4.42. The summed E-state index contributed by atoms with van der Waals surface area (Å²) in [5, 5.41) is 0. The summed E-state index contributed by atoms with van der Waals surface area (Å²) in [5.41, 5.74) is 5.52. The summed E-state index contributed by atoms with van der Waals surface area (Å²) in [6, 6.07) is 2.74. The molecule has 3 nitrogen and oxygen atoms in total. The highest BCUT2D eigenvalue weighted by molar-refractivity contribution is 5.49. The molecule has 1 aliphatic carbocycles. The molecule has 0 bridgehead atoms. The van der Waals surface area contributed by atoms with Gasteiger partial charge < -0.3 is 10.6 Å². The van der Waals surface area contributed by atoms with Crippen LogP contribution in [0.3, 0.4) is 0 Å².